The molecule has 1 aromatic heterocycles. The van der Waals surface area contributed by atoms with Crippen LogP contribution < -0.4 is 9.64 Å². The van der Waals surface area contributed by atoms with Gasteiger partial charge in [0.15, 0.2) is 17.8 Å². The predicted molar refractivity (Wildman–Crippen MR) is 120 cm³/mol. The van der Waals surface area contributed by atoms with Gasteiger partial charge in [-0.05, 0) is 61.6 Å². The first kappa shape index (κ1) is 21.8. The Morgan fingerprint density at radius 1 is 1.03 bits per heavy atom. The molecular weight excluding hydrogens is 429 g/mol. The zero-order valence-electron chi connectivity index (χ0n) is 18.6. The van der Waals surface area contributed by atoms with Gasteiger partial charge in [-0.25, -0.2) is 9.67 Å². The average molecular weight is 457 g/mol. The first-order chi connectivity index (χ1) is 15.9. The number of alkyl halides is 3. The highest BCUT2D eigenvalue weighted by atomic mass is 19.4. The zero-order chi connectivity index (χ0) is 23.0. The minimum atomic E-state index is -4.27. The lowest BCUT2D eigenvalue weighted by Gasteiger charge is -2.28. The standard InChI is InChI=1S/C25H27F3N4O/c1-17-6-5-7-19-16-21(33-22(17)19)24-29-23(30-32(24)15-12-25(26,27)28)18-8-10-20(11-9-18)31-13-3-2-4-14-31/h5-11,21H,2-4,12-16H2,1H3. The highest BCUT2D eigenvalue weighted by molar-refractivity contribution is 5.60. The summed E-state index contributed by atoms with van der Waals surface area (Å²) in [5.74, 6) is 1.65. The van der Waals surface area contributed by atoms with Crippen molar-refractivity contribution in [2.45, 2.75) is 57.9 Å². The van der Waals surface area contributed by atoms with Gasteiger partial charge >= 0.3 is 6.18 Å². The van der Waals surface area contributed by atoms with E-state index in [2.05, 4.69) is 15.0 Å². The lowest BCUT2D eigenvalue weighted by Crippen LogP contribution is -2.29. The summed E-state index contributed by atoms with van der Waals surface area (Å²) >= 11 is 0. The Labute approximate surface area is 191 Å². The lowest BCUT2D eigenvalue weighted by molar-refractivity contribution is -0.137. The Balaban J connectivity index is 1.43. The lowest BCUT2D eigenvalue weighted by atomic mass is 10.1. The Hall–Kier alpha value is -3.03. The first-order valence-electron chi connectivity index (χ1n) is 11.5. The van der Waals surface area contributed by atoms with Crippen molar-refractivity contribution in [3.63, 3.8) is 0 Å². The summed E-state index contributed by atoms with van der Waals surface area (Å²) in [5.41, 5.74) is 3.98. The Morgan fingerprint density at radius 3 is 2.48 bits per heavy atom. The molecule has 0 N–H and O–H groups in total. The third-order valence-electron chi connectivity index (χ3n) is 6.40. The first-order valence-corrected chi connectivity index (χ1v) is 11.5. The maximum atomic E-state index is 13.0. The van der Waals surface area contributed by atoms with Crippen LogP contribution in [-0.4, -0.2) is 34.0 Å². The number of rotatable bonds is 5. The zero-order valence-corrected chi connectivity index (χ0v) is 18.6. The second-order valence-corrected chi connectivity index (χ2v) is 8.85. The molecule has 1 fully saturated rings. The van der Waals surface area contributed by atoms with Gasteiger partial charge in [-0.3, -0.25) is 0 Å². The summed E-state index contributed by atoms with van der Waals surface area (Å²) in [7, 11) is 0. The monoisotopic (exact) mass is 456 g/mol. The minimum Gasteiger partial charge on any atom is -0.482 e. The highest BCUT2D eigenvalue weighted by Crippen LogP contribution is 2.39. The number of aryl methyl sites for hydroxylation is 2. The van der Waals surface area contributed by atoms with Crippen molar-refractivity contribution in [3.8, 4) is 17.1 Å². The molecule has 1 saturated heterocycles. The number of halogens is 3. The second-order valence-electron chi connectivity index (χ2n) is 8.85. The Bertz CT molecular complexity index is 1120. The van der Waals surface area contributed by atoms with Gasteiger partial charge in [0, 0.05) is 30.8 Å². The number of benzene rings is 2. The van der Waals surface area contributed by atoms with E-state index in [1.807, 2.05) is 49.4 Å². The van der Waals surface area contributed by atoms with E-state index >= 15 is 0 Å². The predicted octanol–water partition coefficient (Wildman–Crippen LogP) is 5.87. The van der Waals surface area contributed by atoms with Crippen LogP contribution in [0.25, 0.3) is 11.4 Å². The van der Waals surface area contributed by atoms with Crippen LogP contribution in [0, 0.1) is 6.92 Å². The van der Waals surface area contributed by atoms with Crippen LogP contribution in [0.3, 0.4) is 0 Å². The molecule has 5 rings (SSSR count). The number of piperidine rings is 1. The number of hydrogen-bond donors (Lipinski definition) is 0. The summed E-state index contributed by atoms with van der Waals surface area (Å²) in [4.78, 5) is 7.03. The van der Waals surface area contributed by atoms with Gasteiger partial charge in [0.05, 0.1) is 13.0 Å². The maximum absolute atomic E-state index is 13.0. The number of nitrogens with zero attached hydrogens (tertiary/aromatic N) is 4. The van der Waals surface area contributed by atoms with Crippen molar-refractivity contribution in [2.75, 3.05) is 18.0 Å². The number of hydrogen-bond acceptors (Lipinski definition) is 4. The number of aromatic nitrogens is 3. The summed E-state index contributed by atoms with van der Waals surface area (Å²) < 4.78 is 46.4. The fourth-order valence-electron chi connectivity index (χ4n) is 4.66. The van der Waals surface area contributed by atoms with Gasteiger partial charge in [0.1, 0.15) is 5.75 Å². The average Bonchev–Trinajstić information content (AvgIpc) is 3.43. The molecule has 0 radical (unpaired) electrons. The minimum absolute atomic E-state index is 0.285. The van der Waals surface area contributed by atoms with E-state index in [1.54, 1.807) is 0 Å². The van der Waals surface area contributed by atoms with E-state index in [0.29, 0.717) is 18.1 Å². The normalized spacial score (nSPS) is 18.3. The van der Waals surface area contributed by atoms with E-state index in [9.17, 15) is 13.2 Å². The third kappa shape index (κ3) is 4.70. The molecule has 0 amide bonds. The molecular formula is C25H27F3N4O. The van der Waals surface area contributed by atoms with Crippen LogP contribution >= 0.6 is 0 Å². The van der Waals surface area contributed by atoms with Crippen molar-refractivity contribution in [2.24, 2.45) is 0 Å². The molecule has 33 heavy (non-hydrogen) atoms. The van der Waals surface area contributed by atoms with E-state index in [4.69, 9.17) is 4.74 Å². The fourth-order valence-corrected chi connectivity index (χ4v) is 4.66. The van der Waals surface area contributed by atoms with Gasteiger partial charge in [-0.1, -0.05) is 18.2 Å². The number of fused-ring (bicyclic) bond motifs is 1. The molecule has 2 aromatic carbocycles. The highest BCUT2D eigenvalue weighted by Gasteiger charge is 2.33. The number of para-hydroxylation sites is 1. The van der Waals surface area contributed by atoms with Gasteiger partial charge in [-0.2, -0.15) is 18.3 Å². The van der Waals surface area contributed by atoms with E-state index < -0.39 is 18.7 Å². The number of ether oxygens (including phenoxy) is 1. The fraction of sp³-hybridized carbons (Fsp3) is 0.440. The van der Waals surface area contributed by atoms with Crippen LogP contribution in [0.2, 0.25) is 0 Å². The smallest absolute Gasteiger partial charge is 0.390 e. The van der Waals surface area contributed by atoms with Gasteiger partial charge in [-0.15, -0.1) is 0 Å². The topological polar surface area (TPSA) is 43.2 Å². The van der Waals surface area contributed by atoms with E-state index in [1.165, 1.54) is 23.9 Å². The molecule has 5 nitrogen and oxygen atoms in total. The molecule has 1 atom stereocenters. The summed E-state index contributed by atoms with van der Waals surface area (Å²) in [6.07, 6.45) is -1.47. The molecule has 0 saturated carbocycles. The molecule has 0 bridgehead atoms. The molecule has 8 heteroatoms. The van der Waals surface area contributed by atoms with E-state index in [0.717, 1.165) is 41.2 Å². The van der Waals surface area contributed by atoms with Crippen molar-refractivity contribution < 1.29 is 17.9 Å². The van der Waals surface area contributed by atoms with Crippen LogP contribution in [0.5, 0.6) is 5.75 Å². The SMILES string of the molecule is Cc1cccc2c1OC(c1nc(-c3ccc(N4CCCCC4)cc3)nn1CCC(F)(F)F)C2. The quantitative estimate of drug-likeness (QED) is 0.481. The second kappa shape index (κ2) is 8.72. The van der Waals surface area contributed by atoms with Crippen molar-refractivity contribution in [1.29, 1.82) is 0 Å². The molecule has 174 valence electrons. The van der Waals surface area contributed by atoms with Crippen molar-refractivity contribution in [1.82, 2.24) is 14.8 Å². The van der Waals surface area contributed by atoms with Crippen molar-refractivity contribution >= 4 is 5.69 Å². The van der Waals surface area contributed by atoms with Gasteiger partial charge in [0.25, 0.3) is 0 Å². The van der Waals surface area contributed by atoms with Crippen LogP contribution in [0.1, 0.15) is 48.7 Å². The largest absolute Gasteiger partial charge is 0.482 e. The summed E-state index contributed by atoms with van der Waals surface area (Å²) in [5, 5.41) is 4.47. The Morgan fingerprint density at radius 2 is 1.79 bits per heavy atom. The van der Waals surface area contributed by atoms with Gasteiger partial charge < -0.3 is 9.64 Å². The van der Waals surface area contributed by atoms with Crippen LogP contribution in [0.4, 0.5) is 18.9 Å². The van der Waals surface area contributed by atoms with E-state index in [-0.39, 0.29) is 6.54 Å². The molecule has 2 aliphatic heterocycles. The molecule has 3 heterocycles. The molecule has 3 aromatic rings. The molecule has 0 aliphatic carbocycles. The number of anilines is 1. The molecule has 2 aliphatic rings. The summed E-state index contributed by atoms with van der Waals surface area (Å²) in [6, 6.07) is 13.9. The summed E-state index contributed by atoms with van der Waals surface area (Å²) in [6.45, 7) is 3.78. The van der Waals surface area contributed by atoms with Gasteiger partial charge in [0.2, 0.25) is 0 Å². The van der Waals surface area contributed by atoms with Crippen LogP contribution in [0.15, 0.2) is 42.5 Å². The van der Waals surface area contributed by atoms with Crippen molar-refractivity contribution in [3.05, 3.63) is 59.4 Å². The molecule has 0 spiro atoms. The van der Waals surface area contributed by atoms with Crippen LogP contribution in [-0.2, 0) is 13.0 Å². The molecule has 1 unspecified atom stereocenters. The third-order valence-corrected chi connectivity index (χ3v) is 6.40. The maximum Gasteiger partial charge on any atom is 0.390 e. The Kier molecular flexibility index (Phi) is 5.76.